The molecule has 0 amide bonds. The number of pyridine rings is 1. The maximum atomic E-state index is 5.72. The molecule has 0 unspecified atom stereocenters. The van der Waals surface area contributed by atoms with E-state index in [1.807, 2.05) is 31.4 Å². The van der Waals surface area contributed by atoms with E-state index in [1.54, 1.807) is 6.20 Å². The van der Waals surface area contributed by atoms with Crippen LogP contribution in [-0.4, -0.2) is 12.0 Å². The van der Waals surface area contributed by atoms with Crippen LogP contribution in [0.1, 0.15) is 5.56 Å². The van der Waals surface area contributed by atoms with Gasteiger partial charge in [0.05, 0.1) is 17.6 Å². The van der Waals surface area contributed by atoms with E-state index in [2.05, 4.69) is 28.9 Å². The van der Waals surface area contributed by atoms with E-state index in [0.717, 1.165) is 11.4 Å². The molecule has 2 N–H and O–H groups in total. The molecule has 0 bridgehead atoms. The lowest BCUT2D eigenvalue weighted by Crippen LogP contribution is -2.11. The SMILES string of the molecule is Cc1ccccc1N(C)c1cncc(N)c1. The predicted molar refractivity (Wildman–Crippen MR) is 67.9 cm³/mol. The molecule has 0 saturated heterocycles. The number of hydrogen-bond acceptors (Lipinski definition) is 3. The fraction of sp³-hybridized carbons (Fsp3) is 0.154. The molecule has 0 radical (unpaired) electrons. The number of aromatic nitrogens is 1. The quantitative estimate of drug-likeness (QED) is 0.834. The normalized spacial score (nSPS) is 10.1. The monoisotopic (exact) mass is 213 g/mol. The molecule has 0 aliphatic carbocycles. The van der Waals surface area contributed by atoms with Crippen molar-refractivity contribution in [3.63, 3.8) is 0 Å². The van der Waals surface area contributed by atoms with E-state index in [1.165, 1.54) is 5.56 Å². The summed E-state index contributed by atoms with van der Waals surface area (Å²) >= 11 is 0. The van der Waals surface area contributed by atoms with E-state index >= 15 is 0 Å². The van der Waals surface area contributed by atoms with Crippen LogP contribution in [0.2, 0.25) is 0 Å². The highest BCUT2D eigenvalue weighted by molar-refractivity contribution is 5.66. The van der Waals surface area contributed by atoms with Gasteiger partial charge in [-0.1, -0.05) is 18.2 Å². The highest BCUT2D eigenvalue weighted by Crippen LogP contribution is 2.26. The average molecular weight is 213 g/mol. The topological polar surface area (TPSA) is 42.2 Å². The molecule has 0 spiro atoms. The Morgan fingerprint density at radius 1 is 1.19 bits per heavy atom. The molecule has 16 heavy (non-hydrogen) atoms. The second-order valence-electron chi connectivity index (χ2n) is 3.82. The van der Waals surface area contributed by atoms with Crippen LogP contribution in [0.4, 0.5) is 17.1 Å². The minimum absolute atomic E-state index is 0.679. The first-order valence-electron chi connectivity index (χ1n) is 5.18. The van der Waals surface area contributed by atoms with Gasteiger partial charge >= 0.3 is 0 Å². The van der Waals surface area contributed by atoms with Crippen molar-refractivity contribution in [3.8, 4) is 0 Å². The van der Waals surface area contributed by atoms with Crippen molar-refractivity contribution in [1.29, 1.82) is 0 Å². The number of anilines is 3. The van der Waals surface area contributed by atoms with Gasteiger partial charge in [0.15, 0.2) is 0 Å². The fourth-order valence-electron chi connectivity index (χ4n) is 1.71. The lowest BCUT2D eigenvalue weighted by Gasteiger charge is -2.21. The second-order valence-corrected chi connectivity index (χ2v) is 3.82. The first-order chi connectivity index (χ1) is 7.68. The average Bonchev–Trinajstić information content (AvgIpc) is 2.29. The van der Waals surface area contributed by atoms with Crippen LogP contribution >= 0.6 is 0 Å². The van der Waals surface area contributed by atoms with Crippen molar-refractivity contribution >= 4 is 17.1 Å². The Labute approximate surface area is 95.5 Å². The molecule has 2 aromatic rings. The third-order valence-electron chi connectivity index (χ3n) is 2.61. The van der Waals surface area contributed by atoms with E-state index in [0.29, 0.717) is 5.69 Å². The fourth-order valence-corrected chi connectivity index (χ4v) is 1.71. The minimum Gasteiger partial charge on any atom is -0.397 e. The maximum Gasteiger partial charge on any atom is 0.0615 e. The number of benzene rings is 1. The van der Waals surface area contributed by atoms with E-state index in [4.69, 9.17) is 5.73 Å². The summed E-state index contributed by atoms with van der Waals surface area (Å²) in [7, 11) is 2.01. The third kappa shape index (κ3) is 1.98. The molecular formula is C13H15N3. The summed E-state index contributed by atoms with van der Waals surface area (Å²) in [6, 6.07) is 10.1. The number of nitrogens with two attached hydrogens (primary N) is 1. The van der Waals surface area contributed by atoms with Gasteiger partial charge in [-0.2, -0.15) is 0 Å². The molecule has 3 nitrogen and oxygen atoms in total. The Balaban J connectivity index is 2.39. The number of nitrogens with zero attached hydrogens (tertiary/aromatic N) is 2. The summed E-state index contributed by atoms with van der Waals surface area (Å²) in [5.74, 6) is 0. The highest BCUT2D eigenvalue weighted by atomic mass is 15.1. The smallest absolute Gasteiger partial charge is 0.0615 e. The van der Waals surface area contributed by atoms with Gasteiger partial charge in [-0.3, -0.25) is 4.98 Å². The van der Waals surface area contributed by atoms with Crippen molar-refractivity contribution in [2.24, 2.45) is 0 Å². The molecule has 3 heteroatoms. The molecule has 1 aromatic heterocycles. The predicted octanol–water partition coefficient (Wildman–Crippen LogP) is 2.74. The largest absolute Gasteiger partial charge is 0.397 e. The van der Waals surface area contributed by atoms with Crippen molar-refractivity contribution in [2.75, 3.05) is 17.7 Å². The molecule has 1 aromatic carbocycles. The van der Waals surface area contributed by atoms with E-state index in [-0.39, 0.29) is 0 Å². The number of aryl methyl sites for hydroxylation is 1. The van der Waals surface area contributed by atoms with Crippen LogP contribution in [0.15, 0.2) is 42.7 Å². The minimum atomic E-state index is 0.679. The van der Waals surface area contributed by atoms with Gasteiger partial charge in [-0.15, -0.1) is 0 Å². The Morgan fingerprint density at radius 2 is 1.94 bits per heavy atom. The van der Waals surface area contributed by atoms with Crippen LogP contribution < -0.4 is 10.6 Å². The molecule has 2 rings (SSSR count). The molecule has 0 saturated carbocycles. The Hall–Kier alpha value is -2.03. The summed E-state index contributed by atoms with van der Waals surface area (Å²) in [4.78, 5) is 6.18. The van der Waals surface area contributed by atoms with Gasteiger partial charge in [0.1, 0.15) is 0 Å². The van der Waals surface area contributed by atoms with Crippen molar-refractivity contribution in [2.45, 2.75) is 6.92 Å². The first kappa shape index (κ1) is 10.5. The molecule has 0 aliphatic heterocycles. The van der Waals surface area contributed by atoms with Crippen LogP contribution in [0.3, 0.4) is 0 Å². The number of para-hydroxylation sites is 1. The summed E-state index contributed by atoms with van der Waals surface area (Å²) in [6.07, 6.45) is 3.46. The lowest BCUT2D eigenvalue weighted by atomic mass is 10.2. The molecular weight excluding hydrogens is 198 g/mol. The number of rotatable bonds is 2. The zero-order chi connectivity index (χ0) is 11.5. The van der Waals surface area contributed by atoms with Crippen LogP contribution in [0.25, 0.3) is 0 Å². The zero-order valence-electron chi connectivity index (χ0n) is 9.51. The second kappa shape index (κ2) is 4.23. The van der Waals surface area contributed by atoms with Crippen LogP contribution in [0.5, 0.6) is 0 Å². The highest BCUT2D eigenvalue weighted by Gasteiger charge is 2.06. The van der Waals surface area contributed by atoms with Crippen molar-refractivity contribution < 1.29 is 0 Å². The third-order valence-corrected chi connectivity index (χ3v) is 2.61. The van der Waals surface area contributed by atoms with Gasteiger partial charge in [0, 0.05) is 18.9 Å². The Bertz CT molecular complexity index is 494. The van der Waals surface area contributed by atoms with Crippen LogP contribution in [0, 0.1) is 6.92 Å². The van der Waals surface area contributed by atoms with Gasteiger partial charge in [-0.25, -0.2) is 0 Å². The van der Waals surface area contributed by atoms with Gasteiger partial charge < -0.3 is 10.6 Å². The number of hydrogen-bond donors (Lipinski definition) is 1. The van der Waals surface area contributed by atoms with Crippen molar-refractivity contribution in [1.82, 2.24) is 4.98 Å². The summed E-state index contributed by atoms with van der Waals surface area (Å²) in [6.45, 7) is 2.09. The Morgan fingerprint density at radius 3 is 2.62 bits per heavy atom. The summed E-state index contributed by atoms with van der Waals surface area (Å²) in [5, 5.41) is 0. The van der Waals surface area contributed by atoms with Gasteiger partial charge in [0.2, 0.25) is 0 Å². The molecule has 0 atom stereocenters. The van der Waals surface area contributed by atoms with E-state index in [9.17, 15) is 0 Å². The van der Waals surface area contributed by atoms with Crippen LogP contribution in [-0.2, 0) is 0 Å². The Kier molecular flexibility index (Phi) is 2.77. The van der Waals surface area contributed by atoms with Gasteiger partial charge in [-0.05, 0) is 24.6 Å². The molecule has 0 aliphatic rings. The first-order valence-corrected chi connectivity index (χ1v) is 5.18. The number of nitrogen functional groups attached to an aromatic ring is 1. The zero-order valence-corrected chi connectivity index (χ0v) is 9.51. The van der Waals surface area contributed by atoms with E-state index < -0.39 is 0 Å². The van der Waals surface area contributed by atoms with Gasteiger partial charge in [0.25, 0.3) is 0 Å². The standard InChI is InChI=1S/C13H15N3/c1-10-5-3-4-6-13(10)16(2)12-7-11(14)8-15-9-12/h3-9H,14H2,1-2H3. The maximum absolute atomic E-state index is 5.72. The lowest BCUT2D eigenvalue weighted by molar-refractivity contribution is 1.16. The molecule has 0 fully saturated rings. The van der Waals surface area contributed by atoms with Crippen molar-refractivity contribution in [3.05, 3.63) is 48.3 Å². The molecule has 1 heterocycles. The summed E-state index contributed by atoms with van der Waals surface area (Å²) in [5.41, 5.74) is 9.79. The summed E-state index contributed by atoms with van der Waals surface area (Å²) < 4.78 is 0. The molecule has 82 valence electrons.